The third-order valence-electron chi connectivity index (χ3n) is 3.09. The number of aryl methyl sites for hydroxylation is 1. The molecule has 2 rings (SSSR count). The number of rotatable bonds is 5. The van der Waals surface area contributed by atoms with E-state index < -0.39 is 6.10 Å². The molecule has 4 heteroatoms. The first-order valence-electron chi connectivity index (χ1n) is 6.89. The zero-order valence-electron chi connectivity index (χ0n) is 12.1. The molecule has 0 saturated carbocycles. The minimum absolute atomic E-state index is 0.203. The number of ether oxygens (including phenoxy) is 1. The number of para-hydroxylation sites is 1. The van der Waals surface area contributed by atoms with E-state index in [4.69, 9.17) is 16.3 Å². The Kier molecular flexibility index (Phi) is 5.23. The highest BCUT2D eigenvalue weighted by Crippen LogP contribution is 2.21. The Labute approximate surface area is 129 Å². The van der Waals surface area contributed by atoms with E-state index >= 15 is 0 Å². The van der Waals surface area contributed by atoms with Crippen LogP contribution >= 0.6 is 11.6 Å². The molecule has 0 bridgehead atoms. The molecule has 2 aromatic rings. The second-order valence-electron chi connectivity index (χ2n) is 4.80. The third-order valence-corrected chi connectivity index (χ3v) is 3.42. The maximum atomic E-state index is 12.3. The van der Waals surface area contributed by atoms with Crippen LogP contribution in [-0.4, -0.2) is 12.0 Å². The first-order chi connectivity index (χ1) is 10.1. The maximum absolute atomic E-state index is 12.3. The summed E-state index contributed by atoms with van der Waals surface area (Å²) < 4.78 is 5.74. The molecule has 0 heterocycles. The summed E-state index contributed by atoms with van der Waals surface area (Å²) in [5.74, 6) is 0.480. The van der Waals surface area contributed by atoms with Gasteiger partial charge in [0.1, 0.15) is 5.75 Å². The smallest absolute Gasteiger partial charge is 0.265 e. The predicted molar refractivity (Wildman–Crippen MR) is 86.0 cm³/mol. The fourth-order valence-corrected chi connectivity index (χ4v) is 2.06. The van der Waals surface area contributed by atoms with Gasteiger partial charge in [-0.15, -0.1) is 0 Å². The average molecular weight is 304 g/mol. The number of carbonyl (C=O) groups is 1. The summed E-state index contributed by atoms with van der Waals surface area (Å²) in [5, 5.41) is 3.31. The molecule has 3 nitrogen and oxygen atoms in total. The van der Waals surface area contributed by atoms with Gasteiger partial charge in [-0.3, -0.25) is 4.79 Å². The molecule has 110 valence electrons. The Morgan fingerprint density at radius 3 is 2.48 bits per heavy atom. The Morgan fingerprint density at radius 1 is 1.19 bits per heavy atom. The lowest BCUT2D eigenvalue weighted by atomic mass is 10.2. The maximum Gasteiger partial charge on any atom is 0.265 e. The zero-order valence-corrected chi connectivity index (χ0v) is 12.9. The number of amides is 1. The number of hydrogen-bond acceptors (Lipinski definition) is 2. The van der Waals surface area contributed by atoms with Crippen LogP contribution in [0.2, 0.25) is 5.02 Å². The van der Waals surface area contributed by atoms with E-state index in [1.165, 1.54) is 0 Å². The molecule has 0 aliphatic carbocycles. The van der Waals surface area contributed by atoms with Crippen LogP contribution in [0.4, 0.5) is 5.69 Å². The molecular formula is C17H18ClNO2. The molecule has 0 aromatic heterocycles. The van der Waals surface area contributed by atoms with Crippen molar-refractivity contribution in [1.82, 2.24) is 0 Å². The molecule has 0 aliphatic rings. The van der Waals surface area contributed by atoms with E-state index in [2.05, 4.69) is 5.32 Å². The summed E-state index contributed by atoms with van der Waals surface area (Å²) in [7, 11) is 0. The van der Waals surface area contributed by atoms with Crippen LogP contribution in [0.25, 0.3) is 0 Å². The number of nitrogens with one attached hydrogen (secondary N) is 1. The lowest BCUT2D eigenvalue weighted by molar-refractivity contribution is -0.122. The average Bonchev–Trinajstić information content (AvgIpc) is 2.49. The normalized spacial score (nSPS) is 11.8. The monoisotopic (exact) mass is 303 g/mol. The Morgan fingerprint density at radius 2 is 1.86 bits per heavy atom. The van der Waals surface area contributed by atoms with Gasteiger partial charge in [0, 0.05) is 0 Å². The van der Waals surface area contributed by atoms with Crippen molar-refractivity contribution in [2.45, 2.75) is 26.4 Å². The highest BCUT2D eigenvalue weighted by molar-refractivity contribution is 6.33. The lowest BCUT2D eigenvalue weighted by Gasteiger charge is -2.17. The molecule has 1 N–H and O–H groups in total. The summed E-state index contributed by atoms with van der Waals surface area (Å²) in [5.41, 5.74) is 1.74. The van der Waals surface area contributed by atoms with Gasteiger partial charge in [-0.05, 0) is 37.6 Å². The summed E-state index contributed by atoms with van der Waals surface area (Å²) >= 11 is 6.04. The van der Waals surface area contributed by atoms with Crippen molar-refractivity contribution in [2.75, 3.05) is 5.32 Å². The van der Waals surface area contributed by atoms with Gasteiger partial charge in [0.05, 0.1) is 10.7 Å². The molecule has 21 heavy (non-hydrogen) atoms. The van der Waals surface area contributed by atoms with E-state index in [1.807, 2.05) is 50.2 Å². The van der Waals surface area contributed by atoms with Crippen molar-refractivity contribution in [1.29, 1.82) is 0 Å². The molecule has 0 aliphatic heterocycles. The minimum Gasteiger partial charge on any atom is -0.481 e. The van der Waals surface area contributed by atoms with Gasteiger partial charge in [-0.1, -0.05) is 48.4 Å². The van der Waals surface area contributed by atoms with Gasteiger partial charge in [0.15, 0.2) is 6.10 Å². The van der Waals surface area contributed by atoms with Crippen LogP contribution < -0.4 is 10.1 Å². The molecule has 0 unspecified atom stereocenters. The molecule has 0 fully saturated rings. The van der Waals surface area contributed by atoms with Crippen LogP contribution in [0, 0.1) is 6.92 Å². The highest BCUT2D eigenvalue weighted by Gasteiger charge is 2.19. The standard InChI is InChI=1S/C17H18ClNO2/c1-3-16(21-13-10-8-12(2)9-11-13)17(20)19-15-7-5-4-6-14(15)18/h4-11,16H,3H2,1-2H3,(H,19,20)/t16-/m0/s1. The predicted octanol–water partition coefficient (Wildman–Crippen LogP) is 4.44. The van der Waals surface area contributed by atoms with Gasteiger partial charge in [0.25, 0.3) is 5.91 Å². The number of benzene rings is 2. The van der Waals surface area contributed by atoms with Crippen molar-refractivity contribution in [2.24, 2.45) is 0 Å². The van der Waals surface area contributed by atoms with Gasteiger partial charge in [0.2, 0.25) is 0 Å². The fraction of sp³-hybridized carbons (Fsp3) is 0.235. The van der Waals surface area contributed by atoms with Crippen molar-refractivity contribution in [3.63, 3.8) is 0 Å². The van der Waals surface area contributed by atoms with Crippen molar-refractivity contribution in [3.05, 3.63) is 59.1 Å². The van der Waals surface area contributed by atoms with Crippen LogP contribution in [-0.2, 0) is 4.79 Å². The minimum atomic E-state index is -0.552. The van der Waals surface area contributed by atoms with Gasteiger partial charge in [-0.2, -0.15) is 0 Å². The Hall–Kier alpha value is -2.00. The molecule has 0 saturated heterocycles. The molecule has 0 spiro atoms. The second-order valence-corrected chi connectivity index (χ2v) is 5.20. The molecule has 2 aromatic carbocycles. The SMILES string of the molecule is CC[C@H](Oc1ccc(C)cc1)C(=O)Nc1ccccc1Cl. The Balaban J connectivity index is 2.05. The summed E-state index contributed by atoms with van der Waals surface area (Å²) in [6, 6.07) is 14.8. The van der Waals surface area contributed by atoms with Crippen LogP contribution in [0.1, 0.15) is 18.9 Å². The third kappa shape index (κ3) is 4.23. The van der Waals surface area contributed by atoms with E-state index in [9.17, 15) is 4.79 Å². The summed E-state index contributed by atoms with van der Waals surface area (Å²) in [6.45, 7) is 3.91. The zero-order chi connectivity index (χ0) is 15.2. The first-order valence-corrected chi connectivity index (χ1v) is 7.26. The van der Waals surface area contributed by atoms with Gasteiger partial charge in [-0.25, -0.2) is 0 Å². The van der Waals surface area contributed by atoms with Crippen LogP contribution in [0.3, 0.4) is 0 Å². The number of hydrogen-bond donors (Lipinski definition) is 1. The summed E-state index contributed by atoms with van der Waals surface area (Å²) in [4.78, 5) is 12.3. The van der Waals surface area contributed by atoms with Crippen LogP contribution in [0.15, 0.2) is 48.5 Å². The van der Waals surface area contributed by atoms with E-state index in [0.717, 1.165) is 5.56 Å². The van der Waals surface area contributed by atoms with Crippen LogP contribution in [0.5, 0.6) is 5.75 Å². The largest absolute Gasteiger partial charge is 0.481 e. The lowest BCUT2D eigenvalue weighted by Crippen LogP contribution is -2.32. The van der Waals surface area contributed by atoms with Gasteiger partial charge >= 0.3 is 0 Å². The van der Waals surface area contributed by atoms with Gasteiger partial charge < -0.3 is 10.1 Å². The number of halogens is 1. The number of anilines is 1. The quantitative estimate of drug-likeness (QED) is 0.886. The molecule has 0 radical (unpaired) electrons. The van der Waals surface area contributed by atoms with Crippen molar-refractivity contribution >= 4 is 23.2 Å². The molecule has 1 amide bonds. The topological polar surface area (TPSA) is 38.3 Å². The van der Waals surface area contributed by atoms with Crippen molar-refractivity contribution in [3.8, 4) is 5.75 Å². The van der Waals surface area contributed by atoms with E-state index in [-0.39, 0.29) is 5.91 Å². The Bertz CT molecular complexity index is 610. The summed E-state index contributed by atoms with van der Waals surface area (Å²) in [6.07, 6.45) is 0.0217. The van der Waals surface area contributed by atoms with E-state index in [0.29, 0.717) is 22.9 Å². The molecular weight excluding hydrogens is 286 g/mol. The number of carbonyl (C=O) groups excluding carboxylic acids is 1. The first kappa shape index (κ1) is 15.4. The molecule has 1 atom stereocenters. The van der Waals surface area contributed by atoms with Crippen molar-refractivity contribution < 1.29 is 9.53 Å². The van der Waals surface area contributed by atoms with E-state index in [1.54, 1.807) is 12.1 Å². The second kappa shape index (κ2) is 7.14. The fourth-order valence-electron chi connectivity index (χ4n) is 1.88. The highest BCUT2D eigenvalue weighted by atomic mass is 35.5.